The van der Waals surface area contributed by atoms with Crippen molar-refractivity contribution in [1.29, 1.82) is 0 Å². The van der Waals surface area contributed by atoms with Crippen LogP contribution in [-0.4, -0.2) is 17.6 Å². The third kappa shape index (κ3) is 3.79. The molecule has 0 spiro atoms. The van der Waals surface area contributed by atoms with Crippen LogP contribution in [0.5, 0.6) is 0 Å². The van der Waals surface area contributed by atoms with E-state index < -0.39 is 0 Å². The number of carbonyl (C=O) groups excluding carboxylic acids is 1. The number of esters is 1. The highest BCUT2D eigenvalue weighted by atomic mass is 79.9. The van der Waals surface area contributed by atoms with Crippen LogP contribution >= 0.6 is 15.9 Å². The fourth-order valence-electron chi connectivity index (χ4n) is 1.55. The minimum Gasteiger partial charge on any atom is -0.462 e. The van der Waals surface area contributed by atoms with E-state index in [1.54, 1.807) is 24.4 Å². The number of nitrogens with zero attached hydrogens (tertiary/aromatic N) is 1. The number of carbonyl (C=O) groups is 1. The minimum absolute atomic E-state index is 0.297. The number of halogens is 1. The van der Waals surface area contributed by atoms with E-state index in [9.17, 15) is 4.79 Å². The van der Waals surface area contributed by atoms with Crippen LogP contribution in [0.3, 0.4) is 0 Å². The van der Waals surface area contributed by atoms with Gasteiger partial charge in [-0.1, -0.05) is 6.07 Å². The number of aromatic nitrogens is 1. The van der Waals surface area contributed by atoms with Crippen molar-refractivity contribution >= 4 is 27.6 Å². The molecule has 1 aromatic heterocycles. The van der Waals surface area contributed by atoms with Gasteiger partial charge in [0.2, 0.25) is 0 Å². The summed E-state index contributed by atoms with van der Waals surface area (Å²) in [4.78, 5) is 15.9. The molecule has 98 valence electrons. The molecule has 1 heterocycles. The van der Waals surface area contributed by atoms with Crippen LogP contribution in [0, 0.1) is 0 Å². The van der Waals surface area contributed by atoms with E-state index in [0.29, 0.717) is 24.3 Å². The highest BCUT2D eigenvalue weighted by Crippen LogP contribution is 2.20. The predicted molar refractivity (Wildman–Crippen MR) is 76.8 cm³/mol. The van der Waals surface area contributed by atoms with Gasteiger partial charge in [0.25, 0.3) is 0 Å². The van der Waals surface area contributed by atoms with Gasteiger partial charge in [-0.3, -0.25) is 4.98 Å². The van der Waals surface area contributed by atoms with E-state index in [2.05, 4.69) is 20.9 Å². The Kier molecular flexibility index (Phi) is 4.52. The van der Waals surface area contributed by atoms with Crippen LogP contribution < -0.4 is 5.73 Å². The molecule has 0 aliphatic heterocycles. The van der Waals surface area contributed by atoms with E-state index in [0.717, 1.165) is 10.2 Å². The highest BCUT2D eigenvalue weighted by molar-refractivity contribution is 9.10. The van der Waals surface area contributed by atoms with Gasteiger partial charge in [-0.15, -0.1) is 0 Å². The number of rotatable bonds is 4. The summed E-state index contributed by atoms with van der Waals surface area (Å²) in [6, 6.07) is 10.6. The number of ether oxygens (including phenoxy) is 1. The fourth-order valence-corrected chi connectivity index (χ4v) is 1.79. The molecule has 0 fully saturated rings. The van der Waals surface area contributed by atoms with Gasteiger partial charge < -0.3 is 10.5 Å². The second-order valence-electron chi connectivity index (χ2n) is 3.94. The lowest BCUT2D eigenvalue weighted by Crippen LogP contribution is -2.09. The summed E-state index contributed by atoms with van der Waals surface area (Å²) in [6.07, 6.45) is 2.31. The van der Waals surface area contributed by atoms with Crippen LogP contribution in [-0.2, 0) is 11.2 Å². The van der Waals surface area contributed by atoms with Crippen molar-refractivity contribution < 1.29 is 9.53 Å². The van der Waals surface area contributed by atoms with Crippen LogP contribution in [0.25, 0.3) is 0 Å². The van der Waals surface area contributed by atoms with Crippen molar-refractivity contribution in [3.63, 3.8) is 0 Å². The van der Waals surface area contributed by atoms with Gasteiger partial charge in [0.1, 0.15) is 0 Å². The maximum absolute atomic E-state index is 11.8. The monoisotopic (exact) mass is 320 g/mol. The quantitative estimate of drug-likeness (QED) is 0.695. The van der Waals surface area contributed by atoms with E-state index in [4.69, 9.17) is 10.5 Å². The van der Waals surface area contributed by atoms with E-state index in [-0.39, 0.29) is 5.97 Å². The summed E-state index contributed by atoms with van der Waals surface area (Å²) in [5.41, 5.74) is 7.57. The summed E-state index contributed by atoms with van der Waals surface area (Å²) in [5.74, 6) is -0.380. The van der Waals surface area contributed by atoms with Crippen molar-refractivity contribution in [1.82, 2.24) is 4.98 Å². The molecule has 0 saturated heterocycles. The minimum atomic E-state index is -0.380. The zero-order valence-electron chi connectivity index (χ0n) is 10.2. The summed E-state index contributed by atoms with van der Waals surface area (Å²) >= 11 is 3.28. The Balaban J connectivity index is 1.89. The fraction of sp³-hybridized carbons (Fsp3) is 0.143. The average Bonchev–Trinajstić information content (AvgIpc) is 2.43. The zero-order valence-corrected chi connectivity index (χ0v) is 11.8. The third-order valence-electron chi connectivity index (χ3n) is 2.55. The standard InChI is InChI=1S/C14H13BrN2O2/c15-12-5-4-10(9-13(12)16)14(18)19-8-6-11-3-1-2-7-17-11/h1-5,7,9H,6,8,16H2. The van der Waals surface area contributed by atoms with Gasteiger partial charge in [-0.05, 0) is 46.3 Å². The Bertz CT molecular complexity index is 573. The Hall–Kier alpha value is -1.88. The Labute approximate surface area is 119 Å². The average molecular weight is 321 g/mol. The van der Waals surface area contributed by atoms with Crippen molar-refractivity contribution in [3.05, 3.63) is 58.3 Å². The summed E-state index contributed by atoms with van der Waals surface area (Å²) < 4.78 is 5.94. The largest absolute Gasteiger partial charge is 0.462 e. The van der Waals surface area contributed by atoms with Crippen molar-refractivity contribution in [2.24, 2.45) is 0 Å². The van der Waals surface area contributed by atoms with Crippen LogP contribution in [0.2, 0.25) is 0 Å². The molecule has 0 bridgehead atoms. The highest BCUT2D eigenvalue weighted by Gasteiger charge is 2.08. The third-order valence-corrected chi connectivity index (χ3v) is 3.27. The number of hydrogen-bond donors (Lipinski definition) is 1. The maximum Gasteiger partial charge on any atom is 0.338 e. The lowest BCUT2D eigenvalue weighted by atomic mass is 10.2. The first-order chi connectivity index (χ1) is 9.16. The first-order valence-corrected chi connectivity index (χ1v) is 6.58. The molecule has 0 atom stereocenters. The summed E-state index contributed by atoms with van der Waals surface area (Å²) in [6.45, 7) is 0.297. The first-order valence-electron chi connectivity index (χ1n) is 5.79. The van der Waals surface area contributed by atoms with Crippen molar-refractivity contribution in [2.45, 2.75) is 6.42 Å². The maximum atomic E-state index is 11.8. The number of benzene rings is 1. The van der Waals surface area contributed by atoms with Gasteiger partial charge in [-0.2, -0.15) is 0 Å². The molecule has 2 aromatic rings. The molecule has 4 nitrogen and oxygen atoms in total. The molecular formula is C14H13BrN2O2. The van der Waals surface area contributed by atoms with Crippen molar-refractivity contribution in [3.8, 4) is 0 Å². The summed E-state index contributed by atoms with van der Waals surface area (Å²) in [7, 11) is 0. The predicted octanol–water partition coefficient (Wildman–Crippen LogP) is 2.83. The molecule has 0 unspecified atom stereocenters. The van der Waals surface area contributed by atoms with Gasteiger partial charge >= 0.3 is 5.97 Å². The van der Waals surface area contributed by atoms with Gasteiger partial charge in [0.05, 0.1) is 12.2 Å². The normalized spacial score (nSPS) is 10.2. The molecule has 0 amide bonds. The number of anilines is 1. The van der Waals surface area contributed by atoms with E-state index >= 15 is 0 Å². The number of pyridine rings is 1. The molecule has 2 N–H and O–H groups in total. The van der Waals surface area contributed by atoms with Crippen LogP contribution in [0.1, 0.15) is 16.1 Å². The Morgan fingerprint density at radius 2 is 2.16 bits per heavy atom. The van der Waals surface area contributed by atoms with Crippen LogP contribution in [0.15, 0.2) is 47.1 Å². The van der Waals surface area contributed by atoms with Gasteiger partial charge in [0.15, 0.2) is 0 Å². The smallest absolute Gasteiger partial charge is 0.338 e. The van der Waals surface area contributed by atoms with Gasteiger partial charge in [-0.25, -0.2) is 4.79 Å². The van der Waals surface area contributed by atoms with Crippen molar-refractivity contribution in [2.75, 3.05) is 12.3 Å². The van der Waals surface area contributed by atoms with E-state index in [1.807, 2.05) is 18.2 Å². The van der Waals surface area contributed by atoms with E-state index in [1.165, 1.54) is 0 Å². The molecule has 0 radical (unpaired) electrons. The Morgan fingerprint density at radius 3 is 2.84 bits per heavy atom. The molecule has 2 rings (SSSR count). The van der Waals surface area contributed by atoms with Crippen LogP contribution in [0.4, 0.5) is 5.69 Å². The molecule has 0 aliphatic carbocycles. The second-order valence-corrected chi connectivity index (χ2v) is 4.80. The molecule has 5 heteroatoms. The number of hydrogen-bond acceptors (Lipinski definition) is 4. The lowest BCUT2D eigenvalue weighted by molar-refractivity contribution is 0.0508. The number of nitrogen functional groups attached to an aromatic ring is 1. The SMILES string of the molecule is Nc1cc(C(=O)OCCc2ccccn2)ccc1Br. The molecule has 0 aliphatic rings. The summed E-state index contributed by atoms with van der Waals surface area (Å²) in [5, 5.41) is 0. The lowest BCUT2D eigenvalue weighted by Gasteiger charge is -2.06. The molecular weight excluding hydrogens is 308 g/mol. The topological polar surface area (TPSA) is 65.2 Å². The Morgan fingerprint density at radius 1 is 1.32 bits per heavy atom. The van der Waals surface area contributed by atoms with Gasteiger partial charge in [0, 0.05) is 28.5 Å². The second kappa shape index (κ2) is 6.33. The molecule has 0 saturated carbocycles. The first kappa shape index (κ1) is 13.5. The zero-order chi connectivity index (χ0) is 13.7. The molecule has 19 heavy (non-hydrogen) atoms. The molecule has 1 aromatic carbocycles. The number of nitrogens with two attached hydrogens (primary N) is 1.